The maximum atomic E-state index is 12.9. The molecule has 0 bridgehead atoms. The first-order chi connectivity index (χ1) is 19.7. The maximum absolute atomic E-state index is 12.9. The highest BCUT2D eigenvalue weighted by atomic mass is 35.5. The van der Waals surface area contributed by atoms with E-state index in [0.717, 1.165) is 5.56 Å². The number of amides is 1. The Morgan fingerprint density at radius 3 is 2.24 bits per heavy atom. The average molecular weight is 609 g/mol. The van der Waals surface area contributed by atoms with Gasteiger partial charge in [0.2, 0.25) is 0 Å². The summed E-state index contributed by atoms with van der Waals surface area (Å²) in [6.45, 7) is 0.338. The van der Waals surface area contributed by atoms with Crippen molar-refractivity contribution < 1.29 is 19.2 Å². The quantitative estimate of drug-likeness (QED) is 0.0839. The molecule has 4 rings (SSSR count). The van der Waals surface area contributed by atoms with Crippen LogP contribution < -0.4 is 14.8 Å². The van der Waals surface area contributed by atoms with Gasteiger partial charge >= 0.3 is 0 Å². The Hall–Kier alpha value is -4.55. The van der Waals surface area contributed by atoms with Gasteiger partial charge in [-0.05, 0) is 78.4 Å². The molecule has 1 amide bonds. The van der Waals surface area contributed by atoms with E-state index in [9.17, 15) is 20.2 Å². The summed E-state index contributed by atoms with van der Waals surface area (Å²) < 4.78 is 11.6. The Morgan fingerprint density at radius 1 is 0.902 bits per heavy atom. The third kappa shape index (κ3) is 8.22. The molecular weight excluding hydrogens is 589 g/mol. The molecule has 41 heavy (non-hydrogen) atoms. The first-order valence-corrected chi connectivity index (χ1v) is 13.1. The molecule has 4 aromatic rings. The van der Waals surface area contributed by atoms with E-state index in [2.05, 4.69) is 5.32 Å². The van der Waals surface area contributed by atoms with Gasteiger partial charge in [-0.15, -0.1) is 0 Å². The summed E-state index contributed by atoms with van der Waals surface area (Å²) in [7, 11) is 0. The van der Waals surface area contributed by atoms with Gasteiger partial charge < -0.3 is 14.8 Å². The molecule has 0 aliphatic carbocycles. The molecule has 8 nitrogen and oxygen atoms in total. The standard InChI is InChI=1S/C30H20Cl3N3O5/c31-23-5-12-29(41-17-19-1-8-26(9-2-19)36(38)39)21(14-23)13-22(16-34)30(37)35-25-6-10-27(11-7-25)40-18-20-3-4-24(32)15-28(20)33/h1-15H,17-18H2,(H,35,37)/b22-13+. The third-order valence-corrected chi connectivity index (χ3v) is 6.52. The summed E-state index contributed by atoms with van der Waals surface area (Å²) in [5.74, 6) is 0.296. The molecule has 206 valence electrons. The normalized spacial score (nSPS) is 10.9. The molecule has 0 fully saturated rings. The second-order valence-corrected chi connectivity index (χ2v) is 9.85. The van der Waals surface area contributed by atoms with Crippen molar-refractivity contribution in [2.24, 2.45) is 0 Å². The van der Waals surface area contributed by atoms with Crippen LogP contribution in [-0.2, 0) is 18.0 Å². The van der Waals surface area contributed by atoms with Crippen LogP contribution in [0.2, 0.25) is 15.1 Å². The van der Waals surface area contributed by atoms with E-state index in [4.69, 9.17) is 44.3 Å². The summed E-state index contributed by atoms with van der Waals surface area (Å²) in [5.41, 5.74) is 2.13. The second-order valence-electron chi connectivity index (χ2n) is 8.57. The topological polar surface area (TPSA) is 114 Å². The van der Waals surface area contributed by atoms with E-state index < -0.39 is 10.8 Å². The van der Waals surface area contributed by atoms with E-state index in [-0.39, 0.29) is 24.5 Å². The molecule has 4 aromatic carbocycles. The molecule has 0 aliphatic rings. The summed E-state index contributed by atoms with van der Waals surface area (Å²) >= 11 is 18.3. The lowest BCUT2D eigenvalue weighted by molar-refractivity contribution is -0.384. The number of ether oxygens (including phenoxy) is 2. The van der Waals surface area contributed by atoms with E-state index in [1.807, 2.05) is 6.07 Å². The van der Waals surface area contributed by atoms with Crippen LogP contribution in [0.3, 0.4) is 0 Å². The number of rotatable bonds is 10. The van der Waals surface area contributed by atoms with Gasteiger partial charge in [0.15, 0.2) is 0 Å². The Balaban J connectivity index is 1.42. The van der Waals surface area contributed by atoms with Crippen molar-refractivity contribution in [1.82, 2.24) is 0 Å². The minimum Gasteiger partial charge on any atom is -0.489 e. The number of non-ortho nitro benzene ring substituents is 1. The van der Waals surface area contributed by atoms with E-state index >= 15 is 0 Å². The maximum Gasteiger partial charge on any atom is 0.269 e. The van der Waals surface area contributed by atoms with Gasteiger partial charge in [0.05, 0.1) is 4.92 Å². The van der Waals surface area contributed by atoms with E-state index in [1.165, 1.54) is 18.2 Å². The Morgan fingerprint density at radius 2 is 1.59 bits per heavy atom. The molecule has 0 radical (unpaired) electrons. The van der Waals surface area contributed by atoms with Crippen LogP contribution in [0.25, 0.3) is 6.08 Å². The molecular formula is C30H20Cl3N3O5. The zero-order chi connectivity index (χ0) is 29.4. The highest BCUT2D eigenvalue weighted by Crippen LogP contribution is 2.27. The lowest BCUT2D eigenvalue weighted by Gasteiger charge is -2.11. The van der Waals surface area contributed by atoms with Gasteiger partial charge in [-0.25, -0.2) is 0 Å². The van der Waals surface area contributed by atoms with Crippen LogP contribution in [0, 0.1) is 21.4 Å². The molecule has 0 saturated carbocycles. The van der Waals surface area contributed by atoms with Gasteiger partial charge in [0, 0.05) is 44.0 Å². The number of carbonyl (C=O) groups is 1. The van der Waals surface area contributed by atoms with Crippen LogP contribution in [0.5, 0.6) is 11.5 Å². The van der Waals surface area contributed by atoms with Gasteiger partial charge in [-0.1, -0.05) is 40.9 Å². The monoisotopic (exact) mass is 607 g/mol. The summed E-state index contributed by atoms with van der Waals surface area (Å²) in [6, 6.07) is 24.4. The fourth-order valence-electron chi connectivity index (χ4n) is 3.58. The lowest BCUT2D eigenvalue weighted by atomic mass is 10.1. The Bertz CT molecular complexity index is 1650. The molecule has 11 heteroatoms. The van der Waals surface area contributed by atoms with Gasteiger partial charge in [-0.3, -0.25) is 14.9 Å². The molecule has 1 N–H and O–H groups in total. The Kier molecular flexibility index (Phi) is 9.82. The van der Waals surface area contributed by atoms with Crippen LogP contribution in [0.4, 0.5) is 11.4 Å². The predicted molar refractivity (Wildman–Crippen MR) is 158 cm³/mol. The number of hydrogen-bond donors (Lipinski definition) is 1. The van der Waals surface area contributed by atoms with Crippen molar-refractivity contribution in [2.75, 3.05) is 5.32 Å². The van der Waals surface area contributed by atoms with Crippen LogP contribution >= 0.6 is 34.8 Å². The first-order valence-electron chi connectivity index (χ1n) is 12.0. The number of nitrogens with zero attached hydrogens (tertiary/aromatic N) is 2. The highest BCUT2D eigenvalue weighted by Gasteiger charge is 2.13. The number of carbonyl (C=O) groups excluding carboxylic acids is 1. The van der Waals surface area contributed by atoms with Crippen molar-refractivity contribution in [3.63, 3.8) is 0 Å². The number of benzene rings is 4. The number of nitrogens with one attached hydrogen (secondary N) is 1. The van der Waals surface area contributed by atoms with Crippen molar-refractivity contribution in [2.45, 2.75) is 13.2 Å². The predicted octanol–water partition coefficient (Wildman–Crippen LogP) is 8.26. The number of anilines is 1. The Labute approximate surface area is 250 Å². The largest absolute Gasteiger partial charge is 0.489 e. The van der Waals surface area contributed by atoms with Crippen molar-refractivity contribution in [3.8, 4) is 17.6 Å². The summed E-state index contributed by atoms with van der Waals surface area (Å²) in [4.78, 5) is 23.3. The van der Waals surface area contributed by atoms with Gasteiger partial charge in [0.25, 0.3) is 11.6 Å². The number of nitro groups is 1. The van der Waals surface area contributed by atoms with Crippen LogP contribution in [0.1, 0.15) is 16.7 Å². The van der Waals surface area contributed by atoms with Crippen LogP contribution in [-0.4, -0.2) is 10.8 Å². The first kappa shape index (κ1) is 29.4. The van der Waals surface area contributed by atoms with E-state index in [1.54, 1.807) is 72.8 Å². The smallest absolute Gasteiger partial charge is 0.269 e. The molecule has 0 spiro atoms. The molecule has 0 atom stereocenters. The summed E-state index contributed by atoms with van der Waals surface area (Å²) in [6.07, 6.45) is 1.37. The molecule has 0 unspecified atom stereocenters. The second kappa shape index (κ2) is 13.7. The molecule has 0 saturated heterocycles. The SMILES string of the molecule is N#C/C(=C\c1cc(Cl)ccc1OCc1ccc([N+](=O)[O-])cc1)C(=O)Nc1ccc(OCc2ccc(Cl)cc2Cl)cc1. The van der Waals surface area contributed by atoms with Crippen LogP contribution in [0.15, 0.2) is 90.5 Å². The minimum atomic E-state index is -0.629. The number of nitro benzene ring substituents is 1. The van der Waals surface area contributed by atoms with Crippen molar-refractivity contribution in [3.05, 3.63) is 132 Å². The summed E-state index contributed by atoms with van der Waals surface area (Å²) in [5, 5.41) is 24.6. The van der Waals surface area contributed by atoms with Crippen molar-refractivity contribution >= 4 is 58.2 Å². The zero-order valence-corrected chi connectivity index (χ0v) is 23.4. The van der Waals surface area contributed by atoms with Crippen molar-refractivity contribution in [1.29, 1.82) is 5.26 Å². The highest BCUT2D eigenvalue weighted by molar-refractivity contribution is 6.35. The third-order valence-electron chi connectivity index (χ3n) is 5.70. The molecule has 0 aromatic heterocycles. The fraction of sp³-hybridized carbons (Fsp3) is 0.0667. The van der Waals surface area contributed by atoms with E-state index in [0.29, 0.717) is 43.4 Å². The minimum absolute atomic E-state index is 0.0291. The zero-order valence-electron chi connectivity index (χ0n) is 21.1. The number of halogens is 3. The average Bonchev–Trinajstić information content (AvgIpc) is 2.96. The number of nitriles is 1. The lowest BCUT2D eigenvalue weighted by Crippen LogP contribution is -2.13. The molecule has 0 aliphatic heterocycles. The number of hydrogen-bond acceptors (Lipinski definition) is 6. The fourth-order valence-corrected chi connectivity index (χ4v) is 4.22. The van der Waals surface area contributed by atoms with Gasteiger partial charge in [0.1, 0.15) is 36.4 Å². The van der Waals surface area contributed by atoms with Gasteiger partial charge in [-0.2, -0.15) is 5.26 Å². The molecule has 0 heterocycles.